The number of hydrogen-bond acceptors (Lipinski definition) is 3. The number of hydrogen-bond donors (Lipinski definition) is 0. The fraction of sp³-hybridized carbons (Fsp3) is 0.625. The zero-order chi connectivity index (χ0) is 21.3. The van der Waals surface area contributed by atoms with Gasteiger partial charge in [0.25, 0.3) is 0 Å². The number of amides is 3. The first-order valence-corrected chi connectivity index (χ1v) is 11.5. The molecule has 2 saturated heterocycles. The van der Waals surface area contributed by atoms with Gasteiger partial charge in [0.15, 0.2) is 0 Å². The standard InChI is InChI=1S/C24H33N3O3/c1-3-17(2)20-9-4-5-10-21(20)27-16-19(15-22(27)28)24(30)26-13-11-25(12-14-26)23(29)18-7-6-8-18/h4-5,9-10,17-19H,3,6-8,11-16H2,1-2H3. The van der Waals surface area contributed by atoms with E-state index in [1.165, 1.54) is 5.56 Å². The zero-order valence-electron chi connectivity index (χ0n) is 18.2. The fourth-order valence-corrected chi connectivity index (χ4v) is 4.79. The van der Waals surface area contributed by atoms with E-state index in [1.807, 2.05) is 28.0 Å². The molecule has 0 spiro atoms. The van der Waals surface area contributed by atoms with Gasteiger partial charge in [0.05, 0.1) is 5.92 Å². The van der Waals surface area contributed by atoms with Crippen LogP contribution in [0.1, 0.15) is 57.4 Å². The van der Waals surface area contributed by atoms with Crippen molar-refractivity contribution < 1.29 is 14.4 Å². The summed E-state index contributed by atoms with van der Waals surface area (Å²) < 4.78 is 0. The SMILES string of the molecule is CCC(C)c1ccccc1N1CC(C(=O)N2CCN(C(=O)C3CCC3)CC2)CC1=O. The second-order valence-electron chi connectivity index (χ2n) is 9.05. The summed E-state index contributed by atoms with van der Waals surface area (Å²) in [5.41, 5.74) is 2.12. The molecule has 1 aromatic carbocycles. The lowest BCUT2D eigenvalue weighted by Gasteiger charge is -2.38. The molecule has 3 fully saturated rings. The number of rotatable bonds is 5. The van der Waals surface area contributed by atoms with Gasteiger partial charge in [-0.05, 0) is 36.8 Å². The summed E-state index contributed by atoms with van der Waals surface area (Å²) in [7, 11) is 0. The van der Waals surface area contributed by atoms with Crippen molar-refractivity contribution in [3.8, 4) is 0 Å². The average Bonchev–Trinajstić information content (AvgIpc) is 3.13. The van der Waals surface area contributed by atoms with Gasteiger partial charge in [-0.1, -0.05) is 38.5 Å². The molecular weight excluding hydrogens is 378 g/mol. The summed E-state index contributed by atoms with van der Waals surface area (Å²) in [6.45, 7) is 7.15. The number of benzene rings is 1. The summed E-state index contributed by atoms with van der Waals surface area (Å²) >= 11 is 0. The maximum atomic E-state index is 13.1. The Labute approximate surface area is 179 Å². The molecule has 0 bridgehead atoms. The topological polar surface area (TPSA) is 60.9 Å². The number of carbonyl (C=O) groups is 3. The summed E-state index contributed by atoms with van der Waals surface area (Å²) in [5, 5.41) is 0. The van der Waals surface area contributed by atoms with Crippen molar-refractivity contribution in [1.82, 2.24) is 9.80 Å². The molecule has 162 valence electrons. The van der Waals surface area contributed by atoms with Crippen LogP contribution in [-0.4, -0.2) is 60.2 Å². The average molecular weight is 412 g/mol. The van der Waals surface area contributed by atoms with E-state index in [2.05, 4.69) is 19.9 Å². The van der Waals surface area contributed by atoms with Crippen LogP contribution in [0.15, 0.2) is 24.3 Å². The first-order chi connectivity index (χ1) is 14.5. The predicted molar refractivity (Wildman–Crippen MR) is 116 cm³/mol. The van der Waals surface area contributed by atoms with E-state index in [4.69, 9.17) is 0 Å². The van der Waals surface area contributed by atoms with Crippen molar-refractivity contribution in [3.63, 3.8) is 0 Å². The van der Waals surface area contributed by atoms with Gasteiger partial charge in [0, 0.05) is 50.7 Å². The fourth-order valence-electron chi connectivity index (χ4n) is 4.79. The van der Waals surface area contributed by atoms with Crippen LogP contribution in [-0.2, 0) is 14.4 Å². The van der Waals surface area contributed by atoms with Gasteiger partial charge in [-0.3, -0.25) is 14.4 Å². The smallest absolute Gasteiger partial charge is 0.228 e. The predicted octanol–water partition coefficient (Wildman–Crippen LogP) is 3.02. The zero-order valence-corrected chi connectivity index (χ0v) is 18.2. The molecule has 0 radical (unpaired) electrons. The van der Waals surface area contributed by atoms with E-state index in [0.29, 0.717) is 38.6 Å². The molecule has 2 heterocycles. The molecule has 2 aliphatic heterocycles. The first-order valence-electron chi connectivity index (χ1n) is 11.5. The third-order valence-electron chi connectivity index (χ3n) is 7.20. The molecule has 3 amide bonds. The van der Waals surface area contributed by atoms with Crippen molar-refractivity contribution in [1.29, 1.82) is 0 Å². The monoisotopic (exact) mass is 411 g/mol. The molecule has 6 nitrogen and oxygen atoms in total. The highest BCUT2D eigenvalue weighted by molar-refractivity contribution is 6.01. The Kier molecular flexibility index (Phi) is 6.11. The molecule has 6 heteroatoms. The Balaban J connectivity index is 1.38. The van der Waals surface area contributed by atoms with Gasteiger partial charge in [-0.2, -0.15) is 0 Å². The Bertz CT molecular complexity index is 812. The first kappa shape index (κ1) is 20.9. The van der Waals surface area contributed by atoms with Gasteiger partial charge in [0.2, 0.25) is 17.7 Å². The van der Waals surface area contributed by atoms with E-state index in [0.717, 1.165) is 31.4 Å². The summed E-state index contributed by atoms with van der Waals surface area (Å²) in [5.74, 6) is 0.628. The van der Waals surface area contributed by atoms with Crippen molar-refractivity contribution in [3.05, 3.63) is 29.8 Å². The molecule has 4 rings (SSSR count). The third kappa shape index (κ3) is 3.96. The minimum Gasteiger partial charge on any atom is -0.339 e. The molecule has 3 aliphatic rings. The van der Waals surface area contributed by atoms with E-state index < -0.39 is 0 Å². The van der Waals surface area contributed by atoms with Crippen LogP contribution in [0.5, 0.6) is 0 Å². The minimum atomic E-state index is -0.295. The van der Waals surface area contributed by atoms with E-state index in [-0.39, 0.29) is 36.0 Å². The van der Waals surface area contributed by atoms with Crippen LogP contribution in [0.4, 0.5) is 5.69 Å². The van der Waals surface area contributed by atoms with Crippen molar-refractivity contribution >= 4 is 23.4 Å². The summed E-state index contributed by atoms with van der Waals surface area (Å²) in [6, 6.07) is 8.06. The maximum absolute atomic E-state index is 13.1. The van der Waals surface area contributed by atoms with Crippen molar-refractivity contribution in [2.24, 2.45) is 11.8 Å². The van der Waals surface area contributed by atoms with E-state index in [1.54, 1.807) is 4.90 Å². The van der Waals surface area contributed by atoms with Gasteiger partial charge < -0.3 is 14.7 Å². The second-order valence-corrected chi connectivity index (χ2v) is 9.05. The lowest BCUT2D eigenvalue weighted by molar-refractivity contribution is -0.145. The Morgan fingerprint density at radius 3 is 2.17 bits per heavy atom. The minimum absolute atomic E-state index is 0.0305. The highest BCUT2D eigenvalue weighted by atomic mass is 16.2. The quantitative estimate of drug-likeness (QED) is 0.748. The Morgan fingerprint density at radius 2 is 1.60 bits per heavy atom. The second kappa shape index (κ2) is 8.78. The molecule has 1 aliphatic carbocycles. The highest BCUT2D eigenvalue weighted by Gasteiger charge is 2.39. The Morgan fingerprint density at radius 1 is 1.00 bits per heavy atom. The highest BCUT2D eigenvalue weighted by Crippen LogP contribution is 2.34. The van der Waals surface area contributed by atoms with Gasteiger partial charge in [0.1, 0.15) is 0 Å². The van der Waals surface area contributed by atoms with Crippen molar-refractivity contribution in [2.75, 3.05) is 37.6 Å². The molecule has 2 atom stereocenters. The van der Waals surface area contributed by atoms with Crippen LogP contribution in [0, 0.1) is 11.8 Å². The van der Waals surface area contributed by atoms with E-state index in [9.17, 15) is 14.4 Å². The molecule has 0 N–H and O–H groups in total. The van der Waals surface area contributed by atoms with Crippen LogP contribution < -0.4 is 4.90 Å². The van der Waals surface area contributed by atoms with Crippen LogP contribution >= 0.6 is 0 Å². The third-order valence-corrected chi connectivity index (χ3v) is 7.20. The number of nitrogens with zero attached hydrogens (tertiary/aromatic N) is 3. The van der Waals surface area contributed by atoms with Crippen LogP contribution in [0.3, 0.4) is 0 Å². The van der Waals surface area contributed by atoms with Gasteiger partial charge in [-0.25, -0.2) is 0 Å². The molecular formula is C24H33N3O3. The number of anilines is 1. The maximum Gasteiger partial charge on any atom is 0.228 e. The molecule has 2 unspecified atom stereocenters. The summed E-state index contributed by atoms with van der Waals surface area (Å²) in [4.78, 5) is 43.9. The van der Waals surface area contributed by atoms with Crippen molar-refractivity contribution in [2.45, 2.75) is 51.9 Å². The number of para-hydroxylation sites is 1. The van der Waals surface area contributed by atoms with Gasteiger partial charge in [-0.15, -0.1) is 0 Å². The Hall–Kier alpha value is -2.37. The molecule has 1 saturated carbocycles. The normalized spacial score (nSPS) is 23.5. The molecule has 0 aromatic heterocycles. The lowest BCUT2D eigenvalue weighted by Crippen LogP contribution is -2.53. The van der Waals surface area contributed by atoms with Crippen LogP contribution in [0.25, 0.3) is 0 Å². The largest absolute Gasteiger partial charge is 0.339 e. The molecule has 30 heavy (non-hydrogen) atoms. The van der Waals surface area contributed by atoms with E-state index >= 15 is 0 Å². The van der Waals surface area contributed by atoms with Crippen LogP contribution in [0.2, 0.25) is 0 Å². The van der Waals surface area contributed by atoms with Gasteiger partial charge >= 0.3 is 0 Å². The number of piperazine rings is 1. The summed E-state index contributed by atoms with van der Waals surface area (Å²) in [6.07, 6.45) is 4.45. The molecule has 1 aromatic rings. The number of carbonyl (C=O) groups excluding carboxylic acids is 3. The lowest BCUT2D eigenvalue weighted by atomic mass is 9.84.